The zero-order chi connectivity index (χ0) is 18.7. The molecular formula is C19H21N5O2. The first-order valence-corrected chi connectivity index (χ1v) is 8.32. The number of aryl methyl sites for hydroxylation is 2. The van der Waals surface area contributed by atoms with Crippen LogP contribution in [0.4, 0.5) is 5.82 Å². The van der Waals surface area contributed by atoms with Gasteiger partial charge in [0.05, 0.1) is 0 Å². The third-order valence-electron chi connectivity index (χ3n) is 4.20. The van der Waals surface area contributed by atoms with E-state index in [2.05, 4.69) is 20.3 Å². The molecule has 0 radical (unpaired) electrons. The molecule has 0 aliphatic rings. The Labute approximate surface area is 152 Å². The summed E-state index contributed by atoms with van der Waals surface area (Å²) in [5, 5.41) is 2.77. The first-order chi connectivity index (χ1) is 12.5. The lowest BCUT2D eigenvalue weighted by Crippen LogP contribution is -2.30. The summed E-state index contributed by atoms with van der Waals surface area (Å²) < 4.78 is 7.62. The summed E-state index contributed by atoms with van der Waals surface area (Å²) in [5.41, 5.74) is 2.14. The summed E-state index contributed by atoms with van der Waals surface area (Å²) in [7, 11) is 0. The van der Waals surface area contributed by atoms with E-state index in [9.17, 15) is 4.79 Å². The smallest absolute Gasteiger partial charge is 0.266 e. The zero-order valence-electron chi connectivity index (χ0n) is 15.2. The van der Waals surface area contributed by atoms with Gasteiger partial charge >= 0.3 is 0 Å². The number of nitrogens with one attached hydrogen (secondary N) is 1. The molecule has 0 bridgehead atoms. The van der Waals surface area contributed by atoms with Crippen molar-refractivity contribution in [3.63, 3.8) is 0 Å². The van der Waals surface area contributed by atoms with E-state index < -0.39 is 6.10 Å². The molecule has 2 aromatic heterocycles. The molecule has 0 aliphatic carbocycles. The standard InChI is InChI=1S/C19H21N5O2/c1-12-6-5-7-16(13(12)2)26-14(3)19(25)23-17-10-18(22-11-21-17)24-9-8-20-15(24)4/h5-11,14H,1-4H3,(H,21,22,23,25). The highest BCUT2D eigenvalue weighted by atomic mass is 16.5. The minimum atomic E-state index is -0.663. The van der Waals surface area contributed by atoms with Crippen molar-refractivity contribution in [1.82, 2.24) is 19.5 Å². The van der Waals surface area contributed by atoms with Crippen molar-refractivity contribution in [1.29, 1.82) is 0 Å². The monoisotopic (exact) mass is 351 g/mol. The maximum Gasteiger partial charge on any atom is 0.266 e. The molecule has 0 aliphatic heterocycles. The second kappa shape index (κ2) is 7.35. The van der Waals surface area contributed by atoms with Gasteiger partial charge in [-0.2, -0.15) is 0 Å². The van der Waals surface area contributed by atoms with E-state index in [-0.39, 0.29) is 5.91 Å². The number of hydrogen-bond donors (Lipinski definition) is 1. The summed E-state index contributed by atoms with van der Waals surface area (Å²) in [6, 6.07) is 7.47. The van der Waals surface area contributed by atoms with Gasteiger partial charge in [0.25, 0.3) is 5.91 Å². The number of carbonyl (C=O) groups is 1. The molecule has 3 rings (SSSR count). The van der Waals surface area contributed by atoms with Crippen LogP contribution in [-0.4, -0.2) is 31.5 Å². The van der Waals surface area contributed by atoms with Crippen LogP contribution in [0, 0.1) is 20.8 Å². The largest absolute Gasteiger partial charge is 0.481 e. The molecule has 2 heterocycles. The Morgan fingerprint density at radius 2 is 2.00 bits per heavy atom. The number of hydrogen-bond acceptors (Lipinski definition) is 5. The second-order valence-corrected chi connectivity index (χ2v) is 6.05. The molecule has 0 saturated carbocycles. The predicted molar refractivity (Wildman–Crippen MR) is 98.5 cm³/mol. The highest BCUT2D eigenvalue weighted by molar-refractivity contribution is 5.93. The molecule has 0 spiro atoms. The Hall–Kier alpha value is -3.22. The van der Waals surface area contributed by atoms with Gasteiger partial charge in [-0.1, -0.05) is 12.1 Å². The second-order valence-electron chi connectivity index (χ2n) is 6.05. The van der Waals surface area contributed by atoms with Crippen LogP contribution in [0.15, 0.2) is 43.0 Å². The Balaban J connectivity index is 1.71. The summed E-state index contributed by atoms with van der Waals surface area (Å²) in [4.78, 5) is 25.0. The number of anilines is 1. The fourth-order valence-electron chi connectivity index (χ4n) is 2.49. The first-order valence-electron chi connectivity index (χ1n) is 8.32. The lowest BCUT2D eigenvalue weighted by Gasteiger charge is -2.17. The minimum absolute atomic E-state index is 0.280. The SMILES string of the molecule is Cc1cccc(OC(C)C(=O)Nc2cc(-n3ccnc3C)ncn2)c1C. The minimum Gasteiger partial charge on any atom is -0.481 e. The van der Waals surface area contributed by atoms with Crippen LogP contribution in [0.3, 0.4) is 0 Å². The van der Waals surface area contributed by atoms with E-state index in [1.165, 1.54) is 6.33 Å². The van der Waals surface area contributed by atoms with Crippen molar-refractivity contribution in [2.75, 3.05) is 5.32 Å². The van der Waals surface area contributed by atoms with Gasteiger partial charge in [-0.3, -0.25) is 9.36 Å². The van der Waals surface area contributed by atoms with Gasteiger partial charge in [0.15, 0.2) is 6.10 Å². The van der Waals surface area contributed by atoms with Gasteiger partial charge in [0.2, 0.25) is 0 Å². The average Bonchev–Trinajstić information content (AvgIpc) is 3.05. The molecule has 134 valence electrons. The molecule has 7 heteroatoms. The fourth-order valence-corrected chi connectivity index (χ4v) is 2.49. The van der Waals surface area contributed by atoms with Crippen LogP contribution in [0.1, 0.15) is 23.9 Å². The highest BCUT2D eigenvalue weighted by Gasteiger charge is 2.17. The molecule has 1 unspecified atom stereocenters. The molecule has 7 nitrogen and oxygen atoms in total. The molecule has 26 heavy (non-hydrogen) atoms. The Kier molecular flexibility index (Phi) is 4.97. The van der Waals surface area contributed by atoms with Gasteiger partial charge in [0.1, 0.15) is 29.5 Å². The first kappa shape index (κ1) is 17.6. The van der Waals surface area contributed by atoms with Crippen LogP contribution in [0.2, 0.25) is 0 Å². The molecule has 0 saturated heterocycles. The molecule has 1 atom stereocenters. The topological polar surface area (TPSA) is 81.9 Å². The molecule has 0 fully saturated rings. The van der Waals surface area contributed by atoms with Gasteiger partial charge in [0, 0.05) is 18.5 Å². The van der Waals surface area contributed by atoms with Crippen molar-refractivity contribution >= 4 is 11.7 Å². The quantitative estimate of drug-likeness (QED) is 0.764. The van der Waals surface area contributed by atoms with E-state index in [1.807, 2.05) is 43.5 Å². The number of rotatable bonds is 5. The number of benzene rings is 1. The average molecular weight is 351 g/mol. The Bertz CT molecular complexity index is 935. The number of imidazole rings is 1. The van der Waals surface area contributed by atoms with E-state index in [4.69, 9.17) is 4.74 Å². The number of carbonyl (C=O) groups excluding carboxylic acids is 1. The van der Waals surface area contributed by atoms with Crippen molar-refractivity contribution in [3.8, 4) is 11.6 Å². The highest BCUT2D eigenvalue weighted by Crippen LogP contribution is 2.22. The van der Waals surface area contributed by atoms with Crippen LogP contribution in [-0.2, 0) is 4.79 Å². The number of amides is 1. The van der Waals surface area contributed by atoms with Gasteiger partial charge in [-0.25, -0.2) is 15.0 Å². The predicted octanol–water partition coefficient (Wildman–Crippen LogP) is 2.99. The molecule has 1 N–H and O–H groups in total. The van der Waals surface area contributed by atoms with Crippen molar-refractivity contribution in [2.45, 2.75) is 33.8 Å². The molecule has 3 aromatic rings. The number of aromatic nitrogens is 4. The maximum absolute atomic E-state index is 12.5. The van der Waals surface area contributed by atoms with Gasteiger partial charge in [-0.05, 0) is 44.9 Å². The van der Waals surface area contributed by atoms with Gasteiger partial charge in [-0.15, -0.1) is 0 Å². The molecular weight excluding hydrogens is 330 g/mol. The Morgan fingerprint density at radius 1 is 1.19 bits per heavy atom. The van der Waals surface area contributed by atoms with Crippen LogP contribution >= 0.6 is 0 Å². The summed E-state index contributed by atoms with van der Waals surface area (Å²) in [6.07, 6.45) is 4.23. The van der Waals surface area contributed by atoms with Crippen LogP contribution in [0.25, 0.3) is 5.82 Å². The number of ether oxygens (including phenoxy) is 1. The summed E-state index contributed by atoms with van der Waals surface area (Å²) in [5.74, 6) is 2.26. The van der Waals surface area contributed by atoms with E-state index in [1.54, 1.807) is 25.4 Å². The van der Waals surface area contributed by atoms with Crippen LogP contribution < -0.4 is 10.1 Å². The summed E-state index contributed by atoms with van der Waals surface area (Å²) >= 11 is 0. The van der Waals surface area contributed by atoms with Gasteiger partial charge < -0.3 is 10.1 Å². The van der Waals surface area contributed by atoms with E-state index in [0.717, 1.165) is 17.0 Å². The van der Waals surface area contributed by atoms with Crippen molar-refractivity contribution in [3.05, 3.63) is 59.9 Å². The fraction of sp³-hybridized carbons (Fsp3) is 0.263. The normalized spacial score (nSPS) is 11.8. The Morgan fingerprint density at radius 3 is 2.73 bits per heavy atom. The molecule has 1 amide bonds. The molecule has 1 aromatic carbocycles. The summed E-state index contributed by atoms with van der Waals surface area (Å²) in [6.45, 7) is 7.56. The van der Waals surface area contributed by atoms with E-state index in [0.29, 0.717) is 17.4 Å². The maximum atomic E-state index is 12.5. The number of nitrogens with zero attached hydrogens (tertiary/aromatic N) is 4. The third-order valence-corrected chi connectivity index (χ3v) is 4.20. The zero-order valence-corrected chi connectivity index (χ0v) is 15.2. The van der Waals surface area contributed by atoms with Crippen LogP contribution in [0.5, 0.6) is 5.75 Å². The van der Waals surface area contributed by atoms with Crippen molar-refractivity contribution < 1.29 is 9.53 Å². The lowest BCUT2D eigenvalue weighted by atomic mass is 10.1. The third kappa shape index (κ3) is 3.72. The van der Waals surface area contributed by atoms with Crippen molar-refractivity contribution in [2.24, 2.45) is 0 Å². The lowest BCUT2D eigenvalue weighted by molar-refractivity contribution is -0.122. The van der Waals surface area contributed by atoms with E-state index >= 15 is 0 Å².